The van der Waals surface area contributed by atoms with Gasteiger partial charge in [0.05, 0.1) is 22.6 Å². The number of ether oxygens (including phenoxy) is 1. The topological polar surface area (TPSA) is 89.6 Å². The summed E-state index contributed by atoms with van der Waals surface area (Å²) in [6, 6.07) is 6.23. The maximum Gasteiger partial charge on any atom is 0.178 e. The zero-order chi connectivity index (χ0) is 18.8. The Labute approximate surface area is 154 Å². The van der Waals surface area contributed by atoms with E-state index in [1.807, 2.05) is 0 Å². The summed E-state index contributed by atoms with van der Waals surface area (Å²) in [7, 11) is -3.41. The standard InChI is InChI=1S/C19H26FNO4S/c20-11-15(12-21)13-25-16-1-3-17(4-2-16)26(23,24)14-18-5-8-19(22,9-6-18)10-7-18/h1-4,11,22H,5-10,12-14,21H2/b15-11+. The lowest BCUT2D eigenvalue weighted by molar-refractivity contribution is -0.0842. The van der Waals surface area contributed by atoms with Crippen LogP contribution >= 0.6 is 0 Å². The summed E-state index contributed by atoms with van der Waals surface area (Å²) in [5, 5.41) is 10.3. The van der Waals surface area contributed by atoms with Crippen LogP contribution in [0.25, 0.3) is 0 Å². The van der Waals surface area contributed by atoms with Crippen LogP contribution in [-0.2, 0) is 9.84 Å². The first-order valence-corrected chi connectivity index (χ1v) is 10.6. The monoisotopic (exact) mass is 383 g/mol. The van der Waals surface area contributed by atoms with Gasteiger partial charge in [-0.15, -0.1) is 0 Å². The van der Waals surface area contributed by atoms with Crippen LogP contribution in [-0.4, -0.2) is 38.0 Å². The predicted octanol–water partition coefficient (Wildman–Crippen LogP) is 2.74. The van der Waals surface area contributed by atoms with Crippen molar-refractivity contribution in [3.63, 3.8) is 0 Å². The van der Waals surface area contributed by atoms with Crippen LogP contribution in [0.4, 0.5) is 4.39 Å². The second kappa shape index (κ2) is 7.29. The molecular weight excluding hydrogens is 357 g/mol. The highest BCUT2D eigenvalue weighted by atomic mass is 32.2. The third-order valence-electron chi connectivity index (χ3n) is 5.88. The molecule has 3 aliphatic rings. The van der Waals surface area contributed by atoms with Crippen LogP contribution < -0.4 is 10.5 Å². The first-order valence-electron chi connectivity index (χ1n) is 8.96. The fourth-order valence-electron chi connectivity index (χ4n) is 4.00. The van der Waals surface area contributed by atoms with Gasteiger partial charge in [-0.1, -0.05) is 0 Å². The Morgan fingerprint density at radius 2 is 1.73 bits per heavy atom. The molecule has 0 amide bonds. The molecule has 3 N–H and O–H groups in total. The molecule has 144 valence electrons. The van der Waals surface area contributed by atoms with Crippen LogP contribution in [0.5, 0.6) is 5.75 Å². The summed E-state index contributed by atoms with van der Waals surface area (Å²) in [6.07, 6.45) is 4.81. The number of rotatable bonds is 7. The molecule has 0 heterocycles. The van der Waals surface area contributed by atoms with E-state index >= 15 is 0 Å². The quantitative estimate of drug-likeness (QED) is 0.756. The number of sulfone groups is 1. The van der Waals surface area contributed by atoms with E-state index in [1.165, 1.54) is 12.1 Å². The van der Waals surface area contributed by atoms with Gasteiger partial charge in [0.1, 0.15) is 12.4 Å². The van der Waals surface area contributed by atoms with Crippen molar-refractivity contribution in [2.45, 2.75) is 49.0 Å². The van der Waals surface area contributed by atoms with E-state index in [9.17, 15) is 17.9 Å². The van der Waals surface area contributed by atoms with Gasteiger partial charge in [-0.25, -0.2) is 12.8 Å². The van der Waals surface area contributed by atoms with Gasteiger partial charge >= 0.3 is 0 Å². The van der Waals surface area contributed by atoms with Crippen molar-refractivity contribution in [1.29, 1.82) is 0 Å². The van der Waals surface area contributed by atoms with E-state index in [4.69, 9.17) is 10.5 Å². The van der Waals surface area contributed by atoms with Crippen molar-refractivity contribution in [2.75, 3.05) is 18.9 Å². The largest absolute Gasteiger partial charge is 0.489 e. The van der Waals surface area contributed by atoms with Crippen LogP contribution in [0.3, 0.4) is 0 Å². The Balaban J connectivity index is 1.66. The van der Waals surface area contributed by atoms with Crippen LogP contribution in [0, 0.1) is 5.41 Å². The van der Waals surface area contributed by atoms with Crippen molar-refractivity contribution in [3.05, 3.63) is 36.2 Å². The molecule has 0 unspecified atom stereocenters. The second-order valence-electron chi connectivity index (χ2n) is 7.71. The third kappa shape index (κ3) is 4.10. The molecule has 1 aromatic rings. The van der Waals surface area contributed by atoms with Gasteiger partial charge in [0, 0.05) is 12.1 Å². The maximum absolute atomic E-state index is 12.9. The first-order chi connectivity index (χ1) is 12.3. The molecule has 26 heavy (non-hydrogen) atoms. The number of aliphatic hydroxyl groups is 1. The van der Waals surface area contributed by atoms with Crippen molar-refractivity contribution in [3.8, 4) is 5.75 Å². The highest BCUT2D eigenvalue weighted by Crippen LogP contribution is 2.53. The lowest BCUT2D eigenvalue weighted by Crippen LogP contribution is -2.48. The van der Waals surface area contributed by atoms with Gasteiger partial charge in [-0.2, -0.15) is 0 Å². The number of hydrogen-bond donors (Lipinski definition) is 2. The smallest absolute Gasteiger partial charge is 0.178 e. The number of halogens is 1. The van der Waals surface area contributed by atoms with Crippen molar-refractivity contribution >= 4 is 9.84 Å². The molecule has 0 spiro atoms. The fraction of sp³-hybridized carbons (Fsp3) is 0.579. The SMILES string of the molecule is NC/C(=C\F)COc1ccc(S(=O)(=O)CC23CCC(O)(CC2)CC3)cc1. The normalized spacial score (nSPS) is 29.0. The molecular formula is C19H26FNO4S. The summed E-state index contributed by atoms with van der Waals surface area (Å²) in [4.78, 5) is 0.269. The minimum atomic E-state index is -3.41. The number of hydrogen-bond acceptors (Lipinski definition) is 5. The Kier molecular flexibility index (Phi) is 5.42. The van der Waals surface area contributed by atoms with E-state index in [2.05, 4.69) is 0 Å². The molecule has 0 aromatic heterocycles. The highest BCUT2D eigenvalue weighted by molar-refractivity contribution is 7.91. The molecule has 7 heteroatoms. The molecule has 4 rings (SSSR count). The van der Waals surface area contributed by atoms with E-state index in [0.29, 0.717) is 36.9 Å². The lowest BCUT2D eigenvalue weighted by Gasteiger charge is -2.50. The van der Waals surface area contributed by atoms with Crippen LogP contribution in [0.2, 0.25) is 0 Å². The zero-order valence-corrected chi connectivity index (χ0v) is 15.6. The van der Waals surface area contributed by atoms with E-state index in [-0.39, 0.29) is 29.2 Å². The number of benzene rings is 1. The summed E-state index contributed by atoms with van der Waals surface area (Å²) in [5.41, 5.74) is 4.92. The van der Waals surface area contributed by atoms with Crippen molar-refractivity contribution in [1.82, 2.24) is 0 Å². The van der Waals surface area contributed by atoms with Gasteiger partial charge in [0.2, 0.25) is 0 Å². The minimum Gasteiger partial charge on any atom is -0.489 e. The Morgan fingerprint density at radius 1 is 1.15 bits per heavy atom. The Hall–Kier alpha value is -1.44. The van der Waals surface area contributed by atoms with E-state index < -0.39 is 15.4 Å². The van der Waals surface area contributed by atoms with Gasteiger partial charge in [-0.3, -0.25) is 0 Å². The summed E-state index contributed by atoms with van der Waals surface area (Å²) in [5.74, 6) is 0.591. The lowest BCUT2D eigenvalue weighted by atomic mass is 9.59. The Morgan fingerprint density at radius 3 is 2.23 bits per heavy atom. The van der Waals surface area contributed by atoms with Crippen molar-refractivity contribution < 1.29 is 22.7 Å². The van der Waals surface area contributed by atoms with Gasteiger partial charge in [0.15, 0.2) is 9.84 Å². The molecule has 0 atom stereocenters. The molecule has 0 aliphatic heterocycles. The number of fused-ring (bicyclic) bond motifs is 3. The molecule has 3 saturated carbocycles. The van der Waals surface area contributed by atoms with Crippen LogP contribution in [0.15, 0.2) is 41.1 Å². The van der Waals surface area contributed by atoms with Crippen LogP contribution in [0.1, 0.15) is 38.5 Å². The average Bonchev–Trinajstić information content (AvgIpc) is 2.64. The second-order valence-corrected chi connectivity index (χ2v) is 9.70. The van der Waals surface area contributed by atoms with E-state index in [0.717, 1.165) is 19.3 Å². The predicted molar refractivity (Wildman–Crippen MR) is 97.3 cm³/mol. The molecule has 0 saturated heterocycles. The Bertz CT molecular complexity index is 749. The molecule has 1 aromatic carbocycles. The zero-order valence-electron chi connectivity index (χ0n) is 14.8. The van der Waals surface area contributed by atoms with Gasteiger partial charge in [-0.05, 0) is 68.2 Å². The summed E-state index contributed by atoms with van der Waals surface area (Å²) in [6.45, 7) is 0.102. The van der Waals surface area contributed by atoms with E-state index in [1.54, 1.807) is 12.1 Å². The third-order valence-corrected chi connectivity index (χ3v) is 7.86. The van der Waals surface area contributed by atoms with Gasteiger partial charge in [0.25, 0.3) is 0 Å². The summed E-state index contributed by atoms with van der Waals surface area (Å²) >= 11 is 0. The minimum absolute atomic E-state index is 0.0329. The average molecular weight is 383 g/mol. The molecule has 3 aliphatic carbocycles. The first kappa shape index (κ1) is 19.3. The maximum atomic E-state index is 12.9. The number of nitrogens with two attached hydrogens (primary N) is 1. The highest BCUT2D eigenvalue weighted by Gasteiger charge is 2.49. The molecule has 3 fully saturated rings. The fourth-order valence-corrected chi connectivity index (χ4v) is 5.96. The van der Waals surface area contributed by atoms with Gasteiger partial charge < -0.3 is 15.6 Å². The molecule has 0 radical (unpaired) electrons. The molecule has 5 nitrogen and oxygen atoms in total. The van der Waals surface area contributed by atoms with Crippen molar-refractivity contribution in [2.24, 2.45) is 11.1 Å². The summed E-state index contributed by atoms with van der Waals surface area (Å²) < 4.78 is 43.6. The molecule has 2 bridgehead atoms.